The summed E-state index contributed by atoms with van der Waals surface area (Å²) in [5.74, 6) is 2.56. The van der Waals surface area contributed by atoms with Gasteiger partial charge in [-0.15, -0.1) is 24.0 Å². The summed E-state index contributed by atoms with van der Waals surface area (Å²) in [5.41, 5.74) is 1.20. The van der Waals surface area contributed by atoms with Gasteiger partial charge in [-0.25, -0.2) is 0 Å². The molecule has 0 saturated carbocycles. The predicted molar refractivity (Wildman–Crippen MR) is 127 cm³/mol. The minimum absolute atomic E-state index is 0. The third kappa shape index (κ3) is 7.49. The molecule has 8 heteroatoms. The van der Waals surface area contributed by atoms with Gasteiger partial charge in [0, 0.05) is 44.9 Å². The van der Waals surface area contributed by atoms with Gasteiger partial charge in [-0.05, 0) is 43.9 Å². The van der Waals surface area contributed by atoms with Crippen molar-refractivity contribution in [3.8, 4) is 11.5 Å². The number of methoxy groups -OCH3 is 2. The molecule has 29 heavy (non-hydrogen) atoms. The molecule has 2 heterocycles. The van der Waals surface area contributed by atoms with Crippen LogP contribution < -0.4 is 20.1 Å². The molecular weight excluding hydrogens is 483 g/mol. The van der Waals surface area contributed by atoms with Gasteiger partial charge in [-0.3, -0.25) is 9.89 Å². The Morgan fingerprint density at radius 1 is 1.21 bits per heavy atom. The van der Waals surface area contributed by atoms with E-state index in [0.29, 0.717) is 6.04 Å². The molecule has 2 unspecified atom stereocenters. The van der Waals surface area contributed by atoms with Crippen molar-refractivity contribution < 1.29 is 14.2 Å². The maximum Gasteiger partial charge on any atom is 0.191 e. The molecule has 164 valence electrons. The number of rotatable bonds is 8. The molecule has 1 aromatic rings. The van der Waals surface area contributed by atoms with E-state index in [4.69, 9.17) is 19.2 Å². The molecule has 7 nitrogen and oxygen atoms in total. The van der Waals surface area contributed by atoms with Gasteiger partial charge < -0.3 is 24.8 Å². The number of ether oxygens (including phenoxy) is 3. The Morgan fingerprint density at radius 2 is 1.97 bits per heavy atom. The molecule has 0 aromatic heterocycles. The molecule has 0 radical (unpaired) electrons. The van der Waals surface area contributed by atoms with Crippen molar-refractivity contribution in [3.63, 3.8) is 0 Å². The van der Waals surface area contributed by atoms with Crippen LogP contribution in [-0.2, 0) is 11.3 Å². The SMILES string of the molecule is CCNC(=NCC1CCCO1)NC1CCN(Cc2cc(OC)cc(OC)c2)C1.I. The second-order valence-corrected chi connectivity index (χ2v) is 7.44. The topological polar surface area (TPSA) is 67.4 Å². The summed E-state index contributed by atoms with van der Waals surface area (Å²) >= 11 is 0. The fourth-order valence-corrected chi connectivity index (χ4v) is 3.80. The second-order valence-electron chi connectivity index (χ2n) is 7.44. The summed E-state index contributed by atoms with van der Waals surface area (Å²) in [6, 6.07) is 6.47. The summed E-state index contributed by atoms with van der Waals surface area (Å²) in [7, 11) is 3.37. The highest BCUT2D eigenvalue weighted by Crippen LogP contribution is 2.24. The van der Waals surface area contributed by atoms with Crippen molar-refractivity contribution in [2.75, 3.05) is 47.0 Å². The second kappa shape index (κ2) is 12.4. The van der Waals surface area contributed by atoms with Crippen molar-refractivity contribution >= 4 is 29.9 Å². The minimum Gasteiger partial charge on any atom is -0.497 e. The Hall–Kier alpha value is -1.26. The highest BCUT2D eigenvalue weighted by Gasteiger charge is 2.24. The number of hydrogen-bond donors (Lipinski definition) is 2. The van der Waals surface area contributed by atoms with Gasteiger partial charge in [-0.1, -0.05) is 0 Å². The zero-order valence-electron chi connectivity index (χ0n) is 17.8. The predicted octanol–water partition coefficient (Wildman–Crippen LogP) is 2.63. The van der Waals surface area contributed by atoms with Crippen LogP contribution in [0, 0.1) is 0 Å². The number of benzene rings is 1. The monoisotopic (exact) mass is 518 g/mol. The Balaban J connectivity index is 0.00000300. The maximum absolute atomic E-state index is 5.68. The van der Waals surface area contributed by atoms with E-state index < -0.39 is 0 Å². The van der Waals surface area contributed by atoms with Crippen molar-refractivity contribution in [2.45, 2.75) is 44.9 Å². The highest BCUT2D eigenvalue weighted by molar-refractivity contribution is 14.0. The van der Waals surface area contributed by atoms with Crippen molar-refractivity contribution in [1.82, 2.24) is 15.5 Å². The van der Waals surface area contributed by atoms with E-state index in [1.165, 1.54) is 5.56 Å². The van der Waals surface area contributed by atoms with E-state index in [-0.39, 0.29) is 30.1 Å². The lowest BCUT2D eigenvalue weighted by molar-refractivity contribution is 0.117. The fraction of sp³-hybridized carbons (Fsp3) is 0.667. The number of hydrogen-bond acceptors (Lipinski definition) is 5. The van der Waals surface area contributed by atoms with Crippen LogP contribution in [0.4, 0.5) is 0 Å². The molecule has 2 saturated heterocycles. The van der Waals surface area contributed by atoms with Crippen LogP contribution in [0.25, 0.3) is 0 Å². The maximum atomic E-state index is 5.68. The third-order valence-electron chi connectivity index (χ3n) is 5.25. The van der Waals surface area contributed by atoms with Crippen LogP contribution in [0.15, 0.2) is 23.2 Å². The quantitative estimate of drug-likeness (QED) is 0.314. The van der Waals surface area contributed by atoms with Gasteiger partial charge >= 0.3 is 0 Å². The van der Waals surface area contributed by atoms with Crippen molar-refractivity contribution in [1.29, 1.82) is 0 Å². The summed E-state index contributed by atoms with van der Waals surface area (Å²) in [6.45, 7) is 7.49. The molecule has 2 N–H and O–H groups in total. The summed E-state index contributed by atoms with van der Waals surface area (Å²) in [5, 5.41) is 6.95. The van der Waals surface area contributed by atoms with Crippen molar-refractivity contribution in [2.24, 2.45) is 4.99 Å². The average Bonchev–Trinajstić information content (AvgIpc) is 3.38. The van der Waals surface area contributed by atoms with Crippen molar-refractivity contribution in [3.05, 3.63) is 23.8 Å². The zero-order valence-corrected chi connectivity index (χ0v) is 20.1. The van der Waals surface area contributed by atoms with Gasteiger partial charge in [0.05, 0.1) is 26.9 Å². The van der Waals surface area contributed by atoms with Crippen LogP contribution >= 0.6 is 24.0 Å². The minimum atomic E-state index is 0. The van der Waals surface area contributed by atoms with Gasteiger partial charge in [0.2, 0.25) is 0 Å². The lowest BCUT2D eigenvalue weighted by atomic mass is 10.2. The van der Waals surface area contributed by atoms with Crippen LogP contribution in [0.2, 0.25) is 0 Å². The first-order valence-electron chi connectivity index (χ1n) is 10.3. The third-order valence-corrected chi connectivity index (χ3v) is 5.25. The first-order valence-corrected chi connectivity index (χ1v) is 10.3. The van der Waals surface area contributed by atoms with Crippen LogP contribution in [-0.4, -0.2) is 70.0 Å². The smallest absolute Gasteiger partial charge is 0.191 e. The van der Waals surface area contributed by atoms with E-state index >= 15 is 0 Å². The largest absolute Gasteiger partial charge is 0.497 e. The number of nitrogens with one attached hydrogen (secondary N) is 2. The molecule has 0 amide bonds. The Bertz CT molecular complexity index is 631. The standard InChI is InChI=1S/C21H34N4O3.HI/c1-4-22-21(23-13-18-6-5-9-28-18)24-17-7-8-25(15-17)14-16-10-19(26-2)12-20(11-16)27-3;/h10-12,17-18H,4-9,13-15H2,1-3H3,(H2,22,23,24);1H. The number of likely N-dealkylation sites (tertiary alicyclic amines) is 1. The Morgan fingerprint density at radius 3 is 2.59 bits per heavy atom. The lowest BCUT2D eigenvalue weighted by Gasteiger charge is -2.20. The number of guanidine groups is 1. The Kier molecular flexibility index (Phi) is 10.3. The van der Waals surface area contributed by atoms with Gasteiger partial charge in [0.15, 0.2) is 5.96 Å². The number of nitrogens with zero attached hydrogens (tertiary/aromatic N) is 2. The summed E-state index contributed by atoms with van der Waals surface area (Å²) < 4.78 is 16.5. The van der Waals surface area contributed by atoms with E-state index in [1.807, 2.05) is 6.07 Å². The first kappa shape index (κ1) is 24.0. The van der Waals surface area contributed by atoms with Crippen LogP contribution in [0.1, 0.15) is 31.7 Å². The first-order chi connectivity index (χ1) is 13.7. The molecular formula is C21H35IN4O3. The molecule has 2 aliphatic rings. The van der Waals surface area contributed by atoms with E-state index in [2.05, 4.69) is 34.6 Å². The lowest BCUT2D eigenvalue weighted by Crippen LogP contribution is -2.44. The average molecular weight is 518 g/mol. The molecule has 2 fully saturated rings. The van der Waals surface area contributed by atoms with E-state index in [1.54, 1.807) is 14.2 Å². The zero-order chi connectivity index (χ0) is 19.8. The Labute approximate surface area is 191 Å². The molecule has 2 aliphatic heterocycles. The van der Waals surface area contributed by atoms with E-state index in [0.717, 1.165) is 76.1 Å². The molecule has 1 aromatic carbocycles. The van der Waals surface area contributed by atoms with Gasteiger partial charge in [-0.2, -0.15) is 0 Å². The normalized spacial score (nSPS) is 22.2. The molecule has 0 aliphatic carbocycles. The fourth-order valence-electron chi connectivity index (χ4n) is 3.80. The van der Waals surface area contributed by atoms with E-state index in [9.17, 15) is 0 Å². The summed E-state index contributed by atoms with van der Waals surface area (Å²) in [4.78, 5) is 7.19. The highest BCUT2D eigenvalue weighted by atomic mass is 127. The summed E-state index contributed by atoms with van der Waals surface area (Å²) in [6.07, 6.45) is 3.64. The van der Waals surface area contributed by atoms with Gasteiger partial charge in [0.25, 0.3) is 0 Å². The van der Waals surface area contributed by atoms with Crippen LogP contribution in [0.3, 0.4) is 0 Å². The van der Waals surface area contributed by atoms with Crippen LogP contribution in [0.5, 0.6) is 11.5 Å². The number of halogens is 1. The molecule has 0 spiro atoms. The number of aliphatic imine (C=N–C) groups is 1. The molecule has 0 bridgehead atoms. The molecule has 2 atom stereocenters. The van der Waals surface area contributed by atoms with Gasteiger partial charge in [0.1, 0.15) is 11.5 Å². The molecule has 3 rings (SSSR count).